The van der Waals surface area contributed by atoms with Crippen molar-refractivity contribution in [2.45, 2.75) is 51.9 Å². The van der Waals surface area contributed by atoms with E-state index in [0.717, 1.165) is 30.4 Å². The maximum Gasteiger partial charge on any atom is 0.308 e. The molecule has 0 radical (unpaired) electrons. The Morgan fingerprint density at radius 2 is 2.12 bits per heavy atom. The van der Waals surface area contributed by atoms with Crippen LogP contribution in [0.2, 0.25) is 0 Å². The summed E-state index contributed by atoms with van der Waals surface area (Å²) in [6.07, 6.45) is 5.18. The third kappa shape index (κ3) is 2.17. The molecule has 4 atom stereocenters. The zero-order chi connectivity index (χ0) is 17.1. The molecule has 1 aromatic rings. The summed E-state index contributed by atoms with van der Waals surface area (Å²) in [5.41, 5.74) is 3.52. The summed E-state index contributed by atoms with van der Waals surface area (Å²) >= 11 is 0. The monoisotopic (exact) mass is 324 g/mol. The molecule has 0 aliphatic heterocycles. The van der Waals surface area contributed by atoms with Crippen molar-refractivity contribution in [3.8, 4) is 5.75 Å². The molecule has 126 valence electrons. The average Bonchev–Trinajstić information content (AvgIpc) is 2.83. The van der Waals surface area contributed by atoms with Crippen LogP contribution in [0.4, 0.5) is 0 Å². The third-order valence-corrected chi connectivity index (χ3v) is 6.80. The van der Waals surface area contributed by atoms with Crippen LogP contribution in [0.25, 0.3) is 0 Å². The zero-order valence-corrected chi connectivity index (χ0v) is 14.4. The van der Waals surface area contributed by atoms with Crippen LogP contribution in [0.3, 0.4) is 0 Å². The molecule has 3 heteroatoms. The molecule has 0 heterocycles. The molecular weight excluding hydrogens is 300 g/mol. The number of carbonyl (C=O) groups is 2. The molecule has 0 aromatic heterocycles. The molecule has 24 heavy (non-hydrogen) atoms. The molecule has 0 N–H and O–H groups in total. The van der Waals surface area contributed by atoms with Gasteiger partial charge in [-0.15, -0.1) is 0 Å². The maximum absolute atomic E-state index is 12.8. The lowest BCUT2D eigenvalue weighted by Crippen LogP contribution is -2.41. The van der Waals surface area contributed by atoms with Crippen molar-refractivity contribution >= 4 is 11.8 Å². The van der Waals surface area contributed by atoms with Gasteiger partial charge in [-0.2, -0.15) is 0 Å². The minimum atomic E-state index is -0.353. The van der Waals surface area contributed by atoms with E-state index in [9.17, 15) is 9.59 Å². The van der Waals surface area contributed by atoms with E-state index in [2.05, 4.69) is 13.5 Å². The second-order valence-corrected chi connectivity index (χ2v) is 7.95. The van der Waals surface area contributed by atoms with Gasteiger partial charge in [0.15, 0.2) is 5.78 Å². The van der Waals surface area contributed by atoms with Crippen LogP contribution in [-0.2, 0) is 4.79 Å². The summed E-state index contributed by atoms with van der Waals surface area (Å²) in [5.74, 6) is 1.78. The lowest BCUT2D eigenvalue weighted by Gasteiger charge is -2.49. The van der Waals surface area contributed by atoms with E-state index in [4.69, 9.17) is 4.74 Å². The molecule has 1 aromatic carbocycles. The molecule has 0 saturated heterocycles. The van der Waals surface area contributed by atoms with Crippen molar-refractivity contribution in [2.24, 2.45) is 17.3 Å². The summed E-state index contributed by atoms with van der Waals surface area (Å²) in [6.45, 7) is 8.05. The number of Topliss-reactive ketones (excluding diaryl/α,β-unsaturated/α-hetero) is 1. The second-order valence-electron chi connectivity index (χ2n) is 7.95. The fourth-order valence-corrected chi connectivity index (χ4v) is 5.52. The van der Waals surface area contributed by atoms with Gasteiger partial charge in [-0.1, -0.05) is 25.1 Å². The zero-order valence-electron chi connectivity index (χ0n) is 14.4. The largest absolute Gasteiger partial charge is 0.427 e. The van der Waals surface area contributed by atoms with Crippen LogP contribution in [0, 0.1) is 17.3 Å². The predicted octanol–water partition coefficient (Wildman–Crippen LogP) is 4.66. The summed E-state index contributed by atoms with van der Waals surface area (Å²) in [5, 5.41) is 0. The highest BCUT2D eigenvalue weighted by molar-refractivity contribution is 5.99. The summed E-state index contributed by atoms with van der Waals surface area (Å²) in [6, 6.07) is 5.60. The van der Waals surface area contributed by atoms with Crippen LogP contribution in [0.15, 0.2) is 30.4 Å². The highest BCUT2D eigenvalue weighted by Crippen LogP contribution is 2.62. The molecular formula is C21H24O3. The number of fused-ring (bicyclic) bond motifs is 5. The van der Waals surface area contributed by atoms with Crippen LogP contribution in [-0.4, -0.2) is 11.8 Å². The van der Waals surface area contributed by atoms with Gasteiger partial charge in [0.05, 0.1) is 0 Å². The van der Waals surface area contributed by atoms with E-state index in [1.807, 2.05) is 12.1 Å². The number of hydrogen-bond acceptors (Lipinski definition) is 3. The quantitative estimate of drug-likeness (QED) is 0.428. The topological polar surface area (TPSA) is 43.4 Å². The molecule has 3 nitrogen and oxygen atoms in total. The summed E-state index contributed by atoms with van der Waals surface area (Å²) < 4.78 is 5.16. The fraction of sp³-hybridized carbons (Fsp3) is 0.524. The Labute approximate surface area is 143 Å². The smallest absolute Gasteiger partial charge is 0.308 e. The first kappa shape index (κ1) is 15.6. The Kier molecular flexibility index (Phi) is 3.45. The van der Waals surface area contributed by atoms with Gasteiger partial charge in [0, 0.05) is 18.9 Å². The van der Waals surface area contributed by atoms with Gasteiger partial charge in [-0.3, -0.25) is 9.59 Å². The Hall–Kier alpha value is -1.90. The SMILES string of the molecule is C=C1CC[C@H]2[C@@H]3CC(=O)c4cc(OC(C)=O)ccc4[C@H]3CC[C@]12C. The average molecular weight is 324 g/mol. The number of esters is 1. The molecule has 2 saturated carbocycles. The van der Waals surface area contributed by atoms with E-state index in [1.165, 1.54) is 18.9 Å². The number of allylic oxidation sites excluding steroid dienone is 1. The van der Waals surface area contributed by atoms with E-state index < -0.39 is 0 Å². The minimum absolute atomic E-state index is 0.196. The van der Waals surface area contributed by atoms with Crippen molar-refractivity contribution in [1.29, 1.82) is 0 Å². The fourth-order valence-electron chi connectivity index (χ4n) is 5.52. The van der Waals surface area contributed by atoms with Gasteiger partial charge in [0.25, 0.3) is 0 Å². The van der Waals surface area contributed by atoms with E-state index in [1.54, 1.807) is 6.07 Å². The first-order valence-electron chi connectivity index (χ1n) is 8.94. The standard InChI is InChI=1S/C21H24O3/c1-12-4-7-19-17-11-20(23)18-10-14(24-13(2)22)5-6-15(18)16(17)8-9-21(12,19)3/h5-6,10,16-17,19H,1,4,7-9,11H2,2-3H3/t16-,17-,19+,21-/m1/s1. The normalized spacial score (nSPS) is 34.3. The highest BCUT2D eigenvalue weighted by Gasteiger charge is 2.53. The summed E-state index contributed by atoms with van der Waals surface area (Å²) in [7, 11) is 0. The van der Waals surface area contributed by atoms with Crippen molar-refractivity contribution in [1.82, 2.24) is 0 Å². The number of ketones is 1. The molecule has 0 bridgehead atoms. The van der Waals surface area contributed by atoms with Crippen LogP contribution in [0.5, 0.6) is 5.75 Å². The first-order valence-corrected chi connectivity index (χ1v) is 8.94. The van der Waals surface area contributed by atoms with Crippen LogP contribution in [0.1, 0.15) is 67.8 Å². The van der Waals surface area contributed by atoms with E-state index >= 15 is 0 Å². The number of ether oxygens (including phenoxy) is 1. The van der Waals surface area contributed by atoms with Crippen LogP contribution < -0.4 is 4.74 Å². The molecule has 4 rings (SSSR count). The second kappa shape index (κ2) is 5.30. The molecule has 0 spiro atoms. The Bertz CT molecular complexity index is 747. The molecule has 0 amide bonds. The maximum atomic E-state index is 12.8. The van der Waals surface area contributed by atoms with Crippen molar-refractivity contribution in [3.63, 3.8) is 0 Å². The molecule has 3 aliphatic rings. The van der Waals surface area contributed by atoms with E-state index in [0.29, 0.717) is 29.9 Å². The first-order chi connectivity index (χ1) is 11.4. The molecule has 3 aliphatic carbocycles. The van der Waals surface area contributed by atoms with E-state index in [-0.39, 0.29) is 17.2 Å². The Balaban J connectivity index is 1.71. The number of benzene rings is 1. The number of hydrogen-bond donors (Lipinski definition) is 0. The van der Waals surface area contributed by atoms with Gasteiger partial charge in [0.2, 0.25) is 0 Å². The Morgan fingerprint density at radius 1 is 1.33 bits per heavy atom. The highest BCUT2D eigenvalue weighted by atomic mass is 16.5. The lowest BCUT2D eigenvalue weighted by atomic mass is 9.55. The molecule has 2 fully saturated rings. The summed E-state index contributed by atoms with van der Waals surface area (Å²) in [4.78, 5) is 24.0. The van der Waals surface area contributed by atoms with Gasteiger partial charge in [-0.05, 0) is 66.5 Å². The van der Waals surface area contributed by atoms with Crippen molar-refractivity contribution in [2.75, 3.05) is 0 Å². The third-order valence-electron chi connectivity index (χ3n) is 6.80. The van der Waals surface area contributed by atoms with Gasteiger partial charge < -0.3 is 4.74 Å². The van der Waals surface area contributed by atoms with Crippen LogP contribution >= 0.6 is 0 Å². The van der Waals surface area contributed by atoms with Crippen molar-refractivity contribution < 1.29 is 14.3 Å². The van der Waals surface area contributed by atoms with Crippen molar-refractivity contribution in [3.05, 3.63) is 41.5 Å². The number of carbonyl (C=O) groups excluding carboxylic acids is 2. The molecule has 0 unspecified atom stereocenters. The van der Waals surface area contributed by atoms with Gasteiger partial charge in [0.1, 0.15) is 5.75 Å². The van der Waals surface area contributed by atoms with Gasteiger partial charge in [-0.25, -0.2) is 0 Å². The lowest BCUT2D eigenvalue weighted by molar-refractivity contribution is -0.131. The Morgan fingerprint density at radius 3 is 2.88 bits per heavy atom. The minimum Gasteiger partial charge on any atom is -0.427 e. The predicted molar refractivity (Wildman–Crippen MR) is 92.1 cm³/mol. The van der Waals surface area contributed by atoms with Gasteiger partial charge >= 0.3 is 5.97 Å². The number of rotatable bonds is 1.